The van der Waals surface area contributed by atoms with Crippen molar-refractivity contribution in [2.45, 2.75) is 25.8 Å². The third-order valence-electron chi connectivity index (χ3n) is 5.81. The summed E-state index contributed by atoms with van der Waals surface area (Å²) in [6, 6.07) is 19.1. The minimum atomic E-state index is -0.144. The minimum Gasteiger partial charge on any atom is -0.348 e. The van der Waals surface area contributed by atoms with Crippen molar-refractivity contribution in [3.63, 3.8) is 0 Å². The van der Waals surface area contributed by atoms with Gasteiger partial charge in [-0.1, -0.05) is 54.1 Å². The Bertz CT molecular complexity index is 1040. The summed E-state index contributed by atoms with van der Waals surface area (Å²) in [5.41, 5.74) is 1.62. The van der Waals surface area contributed by atoms with Crippen LogP contribution in [0.25, 0.3) is 0 Å². The first-order valence-electron chi connectivity index (χ1n) is 11.0. The molecular weight excluding hydrogens is 422 g/mol. The van der Waals surface area contributed by atoms with Crippen molar-refractivity contribution in [1.82, 2.24) is 15.3 Å². The number of carbonyl (C=O) groups excluding carboxylic acids is 1. The number of piperidine rings is 1. The topological polar surface area (TPSA) is 70.2 Å². The summed E-state index contributed by atoms with van der Waals surface area (Å²) in [5, 5.41) is 7.18. The van der Waals surface area contributed by atoms with Crippen LogP contribution in [0.5, 0.6) is 0 Å². The molecule has 0 saturated carbocycles. The summed E-state index contributed by atoms with van der Waals surface area (Å²) < 4.78 is 0. The Labute approximate surface area is 194 Å². The van der Waals surface area contributed by atoms with E-state index in [2.05, 4.69) is 34.7 Å². The van der Waals surface area contributed by atoms with E-state index in [1.165, 1.54) is 0 Å². The maximum Gasteiger partial charge on any atom is 0.260 e. The zero-order valence-electron chi connectivity index (χ0n) is 18.2. The van der Waals surface area contributed by atoms with Crippen LogP contribution in [0.1, 0.15) is 41.7 Å². The van der Waals surface area contributed by atoms with Crippen LogP contribution in [0.3, 0.4) is 0 Å². The fourth-order valence-electron chi connectivity index (χ4n) is 3.97. The molecule has 3 aromatic rings. The Kier molecular flexibility index (Phi) is 7.35. The molecule has 166 valence electrons. The number of anilines is 2. The molecule has 0 radical (unpaired) electrons. The van der Waals surface area contributed by atoms with E-state index in [-0.39, 0.29) is 11.9 Å². The third-order valence-corrected chi connectivity index (χ3v) is 6.14. The van der Waals surface area contributed by atoms with E-state index in [0.29, 0.717) is 34.8 Å². The van der Waals surface area contributed by atoms with E-state index in [0.717, 1.165) is 31.5 Å². The quantitative estimate of drug-likeness (QED) is 0.534. The van der Waals surface area contributed by atoms with Crippen molar-refractivity contribution < 1.29 is 4.79 Å². The lowest BCUT2D eigenvalue weighted by atomic mass is 9.97. The molecule has 1 amide bonds. The Morgan fingerprint density at radius 1 is 1.12 bits per heavy atom. The molecule has 1 aliphatic heterocycles. The van der Waals surface area contributed by atoms with Crippen LogP contribution in [0, 0.1) is 5.92 Å². The maximum atomic E-state index is 13.5. The maximum absolute atomic E-state index is 13.5. The molecule has 1 aliphatic rings. The molecular formula is C25H28ClN5O. The lowest BCUT2D eigenvalue weighted by Gasteiger charge is -2.30. The number of hydrogen-bond donors (Lipinski definition) is 2. The van der Waals surface area contributed by atoms with Gasteiger partial charge in [-0.25, -0.2) is 4.98 Å². The van der Waals surface area contributed by atoms with Gasteiger partial charge in [0.2, 0.25) is 5.95 Å². The van der Waals surface area contributed by atoms with Gasteiger partial charge in [0.1, 0.15) is 5.82 Å². The molecule has 2 N–H and O–H groups in total. The first-order chi connectivity index (χ1) is 15.6. The molecule has 0 aliphatic carbocycles. The first-order valence-corrected chi connectivity index (χ1v) is 11.4. The fraction of sp³-hybridized carbons (Fsp3) is 0.320. The molecule has 2 aromatic carbocycles. The van der Waals surface area contributed by atoms with Gasteiger partial charge in [-0.3, -0.25) is 9.69 Å². The average Bonchev–Trinajstić information content (AvgIpc) is 2.84. The van der Waals surface area contributed by atoms with Crippen molar-refractivity contribution >= 4 is 29.3 Å². The summed E-state index contributed by atoms with van der Waals surface area (Å²) in [7, 11) is 0. The van der Waals surface area contributed by atoms with Crippen LogP contribution in [0.4, 0.5) is 11.8 Å². The summed E-state index contributed by atoms with van der Waals surface area (Å²) in [4.78, 5) is 24.4. The number of hydrogen-bond acceptors (Lipinski definition) is 5. The Morgan fingerprint density at radius 3 is 2.59 bits per heavy atom. The van der Waals surface area contributed by atoms with Crippen LogP contribution in [-0.2, 0) is 0 Å². The van der Waals surface area contributed by atoms with Gasteiger partial charge in [-0.2, -0.15) is 4.98 Å². The lowest BCUT2D eigenvalue weighted by molar-refractivity contribution is 0.0980. The number of halogens is 1. The van der Waals surface area contributed by atoms with E-state index in [1.54, 1.807) is 29.3 Å². The van der Waals surface area contributed by atoms with E-state index >= 15 is 0 Å². The van der Waals surface area contributed by atoms with Gasteiger partial charge in [0.05, 0.1) is 16.6 Å². The monoisotopic (exact) mass is 449 g/mol. The van der Waals surface area contributed by atoms with Crippen LogP contribution in [0.2, 0.25) is 5.02 Å². The summed E-state index contributed by atoms with van der Waals surface area (Å²) in [5.74, 6) is 1.32. The third kappa shape index (κ3) is 5.44. The average molecular weight is 450 g/mol. The lowest BCUT2D eigenvalue weighted by Crippen LogP contribution is -2.40. The molecule has 4 rings (SSSR count). The Hall–Kier alpha value is -2.96. The molecule has 32 heavy (non-hydrogen) atoms. The van der Waals surface area contributed by atoms with Gasteiger partial charge >= 0.3 is 0 Å². The van der Waals surface area contributed by atoms with E-state index in [4.69, 9.17) is 16.6 Å². The fourth-order valence-corrected chi connectivity index (χ4v) is 4.19. The predicted molar refractivity (Wildman–Crippen MR) is 129 cm³/mol. The number of nitrogens with one attached hydrogen (secondary N) is 2. The molecule has 1 aromatic heterocycles. The standard InChI is InChI=1S/C25H28ClN5O/c1-18(20-7-3-2-4-8-20)29-25-28-16-13-23(30-25)31(17-19-11-14-27-15-12-19)24(32)21-9-5-6-10-22(21)26/h2-10,13,16,18-19,27H,11-12,14-15,17H2,1H3,(H,28,29,30)/t18-/m0/s1. The molecule has 7 heteroatoms. The Morgan fingerprint density at radius 2 is 1.84 bits per heavy atom. The molecule has 1 atom stereocenters. The highest BCUT2D eigenvalue weighted by atomic mass is 35.5. The highest BCUT2D eigenvalue weighted by molar-refractivity contribution is 6.34. The van der Waals surface area contributed by atoms with Crippen molar-refractivity contribution in [2.24, 2.45) is 5.92 Å². The van der Waals surface area contributed by atoms with Crippen molar-refractivity contribution in [2.75, 3.05) is 29.9 Å². The molecule has 1 fully saturated rings. The van der Waals surface area contributed by atoms with Gasteiger partial charge in [-0.05, 0) is 62.5 Å². The summed E-state index contributed by atoms with van der Waals surface area (Å²) in [6.07, 6.45) is 3.73. The second-order valence-electron chi connectivity index (χ2n) is 8.10. The second-order valence-corrected chi connectivity index (χ2v) is 8.51. The minimum absolute atomic E-state index is 0.0311. The second kappa shape index (κ2) is 10.6. The van der Waals surface area contributed by atoms with Crippen molar-refractivity contribution in [3.05, 3.63) is 83.0 Å². The normalized spacial score (nSPS) is 15.2. The zero-order valence-corrected chi connectivity index (χ0v) is 18.9. The molecule has 2 heterocycles. The van der Waals surface area contributed by atoms with Gasteiger partial charge in [0.15, 0.2) is 0 Å². The predicted octanol–water partition coefficient (Wildman–Crippen LogP) is 4.95. The zero-order chi connectivity index (χ0) is 22.3. The molecule has 0 bridgehead atoms. The smallest absolute Gasteiger partial charge is 0.260 e. The van der Waals surface area contributed by atoms with Crippen LogP contribution in [-0.4, -0.2) is 35.5 Å². The van der Waals surface area contributed by atoms with E-state index in [1.807, 2.05) is 30.3 Å². The van der Waals surface area contributed by atoms with Gasteiger partial charge in [-0.15, -0.1) is 0 Å². The highest BCUT2D eigenvalue weighted by Crippen LogP contribution is 2.25. The van der Waals surface area contributed by atoms with Gasteiger partial charge < -0.3 is 10.6 Å². The number of carbonyl (C=O) groups is 1. The molecule has 0 unspecified atom stereocenters. The summed E-state index contributed by atoms with van der Waals surface area (Å²) >= 11 is 6.36. The van der Waals surface area contributed by atoms with Crippen molar-refractivity contribution in [1.29, 1.82) is 0 Å². The first kappa shape index (κ1) is 22.2. The highest BCUT2D eigenvalue weighted by Gasteiger charge is 2.26. The number of aromatic nitrogens is 2. The van der Waals surface area contributed by atoms with Gasteiger partial charge in [0.25, 0.3) is 5.91 Å². The number of rotatable bonds is 7. The number of benzene rings is 2. The van der Waals surface area contributed by atoms with Crippen LogP contribution in [0.15, 0.2) is 66.9 Å². The SMILES string of the molecule is C[C@H](Nc1nccc(N(CC2CCNCC2)C(=O)c2ccccc2Cl)n1)c1ccccc1. The molecule has 6 nitrogen and oxygen atoms in total. The largest absolute Gasteiger partial charge is 0.348 e. The van der Waals surface area contributed by atoms with Gasteiger partial charge in [0, 0.05) is 12.7 Å². The van der Waals surface area contributed by atoms with Crippen LogP contribution >= 0.6 is 11.6 Å². The molecule has 1 saturated heterocycles. The van der Waals surface area contributed by atoms with Crippen LogP contribution < -0.4 is 15.5 Å². The number of nitrogens with zero attached hydrogens (tertiary/aromatic N) is 3. The Balaban J connectivity index is 1.61. The molecule has 0 spiro atoms. The van der Waals surface area contributed by atoms with E-state index in [9.17, 15) is 4.79 Å². The van der Waals surface area contributed by atoms with E-state index < -0.39 is 0 Å². The number of amides is 1. The summed E-state index contributed by atoms with van der Waals surface area (Å²) in [6.45, 7) is 4.58. The van der Waals surface area contributed by atoms with Crippen molar-refractivity contribution in [3.8, 4) is 0 Å².